The Morgan fingerprint density at radius 3 is 2.45 bits per heavy atom. The normalized spacial score (nSPS) is 13.5. The zero-order chi connectivity index (χ0) is 24.5. The van der Waals surface area contributed by atoms with Crippen LogP contribution in [0.25, 0.3) is 10.9 Å². The Morgan fingerprint density at radius 2 is 1.79 bits per heavy atom. The quantitative estimate of drug-likeness (QED) is 0.199. The number of fused-ring (bicyclic) bond motifs is 1. The summed E-state index contributed by atoms with van der Waals surface area (Å²) in [6, 6.07) is 4.29. The van der Waals surface area contributed by atoms with Gasteiger partial charge in [0.1, 0.15) is 12.1 Å². The molecule has 0 aliphatic carbocycles. The van der Waals surface area contributed by atoms with Crippen molar-refractivity contribution in [3.8, 4) is 0 Å². The summed E-state index contributed by atoms with van der Waals surface area (Å²) in [5.74, 6) is -3.99. The van der Waals surface area contributed by atoms with Crippen LogP contribution in [0, 0.1) is 0 Å². The van der Waals surface area contributed by atoms with Crippen molar-refractivity contribution in [2.24, 2.45) is 11.5 Å². The van der Waals surface area contributed by atoms with Gasteiger partial charge in [0.25, 0.3) is 0 Å². The summed E-state index contributed by atoms with van der Waals surface area (Å²) in [5, 5.41) is 17.1. The lowest BCUT2D eigenvalue weighted by molar-refractivity contribution is -0.142. The number of amides is 4. The van der Waals surface area contributed by atoms with E-state index in [4.69, 9.17) is 16.6 Å². The van der Waals surface area contributed by atoms with E-state index in [-0.39, 0.29) is 19.3 Å². The summed E-state index contributed by atoms with van der Waals surface area (Å²) in [6.45, 7) is 0.937. The van der Waals surface area contributed by atoms with Crippen molar-refractivity contribution in [2.45, 2.75) is 44.3 Å². The van der Waals surface area contributed by atoms with Gasteiger partial charge in [-0.3, -0.25) is 19.2 Å². The van der Waals surface area contributed by atoms with Gasteiger partial charge in [-0.25, -0.2) is 4.79 Å². The standard InChI is InChI=1S/C21H28N6O6/c1-11(19(30)27-16(21(32)33)6-7-17(23)28)26-18(29)10-25-20(31)14(22)8-12-9-24-15-5-3-2-4-13(12)15/h2-5,9,11,14,16,24H,6-8,10,22H2,1H3,(H2,23,28)(H,25,31)(H,26,29)(H,27,30)(H,32,33). The van der Waals surface area contributed by atoms with Crippen LogP contribution < -0.4 is 27.4 Å². The maximum Gasteiger partial charge on any atom is 0.326 e. The van der Waals surface area contributed by atoms with Crippen molar-refractivity contribution >= 4 is 40.5 Å². The van der Waals surface area contributed by atoms with Gasteiger partial charge in [0.2, 0.25) is 23.6 Å². The Bertz CT molecular complexity index is 1040. The highest BCUT2D eigenvalue weighted by Gasteiger charge is 2.24. The van der Waals surface area contributed by atoms with E-state index in [1.807, 2.05) is 24.3 Å². The highest BCUT2D eigenvalue weighted by molar-refractivity contribution is 5.92. The largest absolute Gasteiger partial charge is 0.480 e. The third kappa shape index (κ3) is 7.61. The van der Waals surface area contributed by atoms with Gasteiger partial charge in [-0.15, -0.1) is 0 Å². The molecule has 1 aromatic carbocycles. The number of primary amides is 1. The van der Waals surface area contributed by atoms with Crippen molar-refractivity contribution < 1.29 is 29.1 Å². The van der Waals surface area contributed by atoms with Crippen molar-refractivity contribution in [1.82, 2.24) is 20.9 Å². The fourth-order valence-electron chi connectivity index (χ4n) is 3.13. The summed E-state index contributed by atoms with van der Waals surface area (Å²) in [7, 11) is 0. The number of carboxylic acid groups (broad SMARTS) is 1. The Kier molecular flexibility index (Phi) is 8.92. The molecule has 3 atom stereocenters. The Hall–Kier alpha value is -3.93. The number of benzene rings is 1. The van der Waals surface area contributed by atoms with Gasteiger partial charge in [0, 0.05) is 23.5 Å². The average molecular weight is 460 g/mol. The van der Waals surface area contributed by atoms with Crippen LogP contribution in [0.3, 0.4) is 0 Å². The molecule has 0 aliphatic rings. The van der Waals surface area contributed by atoms with Crippen LogP contribution in [0.2, 0.25) is 0 Å². The van der Waals surface area contributed by atoms with Gasteiger partial charge < -0.3 is 37.5 Å². The molecule has 2 rings (SSSR count). The zero-order valence-corrected chi connectivity index (χ0v) is 18.1. The van der Waals surface area contributed by atoms with E-state index in [2.05, 4.69) is 20.9 Å². The second kappa shape index (κ2) is 11.6. The van der Waals surface area contributed by atoms with E-state index >= 15 is 0 Å². The minimum Gasteiger partial charge on any atom is -0.480 e. The van der Waals surface area contributed by atoms with E-state index in [1.165, 1.54) is 6.92 Å². The highest BCUT2D eigenvalue weighted by Crippen LogP contribution is 2.18. The Balaban J connectivity index is 1.79. The number of H-pyrrole nitrogens is 1. The zero-order valence-electron chi connectivity index (χ0n) is 18.1. The van der Waals surface area contributed by atoms with Crippen molar-refractivity contribution in [1.29, 1.82) is 0 Å². The van der Waals surface area contributed by atoms with Crippen molar-refractivity contribution in [2.75, 3.05) is 6.54 Å². The number of carboxylic acids is 1. The first-order chi connectivity index (χ1) is 15.6. The highest BCUT2D eigenvalue weighted by atomic mass is 16.4. The van der Waals surface area contributed by atoms with Crippen LogP contribution in [0.4, 0.5) is 0 Å². The van der Waals surface area contributed by atoms with E-state index < -0.39 is 54.3 Å². The first-order valence-corrected chi connectivity index (χ1v) is 10.3. The topological polar surface area (TPSA) is 209 Å². The lowest BCUT2D eigenvalue weighted by atomic mass is 10.1. The average Bonchev–Trinajstić information content (AvgIpc) is 3.17. The molecule has 0 saturated heterocycles. The van der Waals surface area contributed by atoms with Crippen LogP contribution in [0.15, 0.2) is 30.5 Å². The van der Waals surface area contributed by atoms with Gasteiger partial charge >= 0.3 is 5.97 Å². The summed E-state index contributed by atoms with van der Waals surface area (Å²) >= 11 is 0. The SMILES string of the molecule is CC(NC(=O)CNC(=O)C(N)Cc1c[nH]c2ccccc12)C(=O)NC(CCC(N)=O)C(=O)O. The molecule has 12 nitrogen and oxygen atoms in total. The smallest absolute Gasteiger partial charge is 0.326 e. The maximum absolute atomic E-state index is 12.3. The van der Waals surface area contributed by atoms with Crippen LogP contribution in [-0.2, 0) is 30.4 Å². The molecule has 0 bridgehead atoms. The Morgan fingerprint density at radius 1 is 1.09 bits per heavy atom. The number of carbonyl (C=O) groups is 5. The van der Waals surface area contributed by atoms with E-state index in [9.17, 15) is 24.0 Å². The van der Waals surface area contributed by atoms with E-state index in [1.54, 1.807) is 6.20 Å². The molecule has 0 spiro atoms. The number of hydrogen-bond acceptors (Lipinski definition) is 6. The van der Waals surface area contributed by atoms with E-state index in [0.717, 1.165) is 16.5 Å². The lowest BCUT2D eigenvalue weighted by Gasteiger charge is -2.19. The molecule has 178 valence electrons. The minimum atomic E-state index is -1.33. The second-order valence-electron chi connectivity index (χ2n) is 7.58. The fraction of sp³-hybridized carbons (Fsp3) is 0.381. The minimum absolute atomic E-state index is 0.179. The van der Waals surface area contributed by atoms with E-state index in [0.29, 0.717) is 0 Å². The summed E-state index contributed by atoms with van der Waals surface area (Å²) in [4.78, 5) is 61.6. The predicted molar refractivity (Wildman–Crippen MR) is 119 cm³/mol. The van der Waals surface area contributed by atoms with Gasteiger partial charge in [0.15, 0.2) is 0 Å². The van der Waals surface area contributed by atoms with Crippen molar-refractivity contribution in [3.05, 3.63) is 36.0 Å². The number of para-hydroxylation sites is 1. The summed E-state index contributed by atoms with van der Waals surface area (Å²) in [6.07, 6.45) is 1.64. The molecule has 0 radical (unpaired) electrons. The third-order valence-corrected chi connectivity index (χ3v) is 4.94. The molecule has 1 heterocycles. The number of rotatable bonds is 12. The first kappa shape index (κ1) is 25.3. The summed E-state index contributed by atoms with van der Waals surface area (Å²) < 4.78 is 0. The van der Waals surface area contributed by atoms with Crippen LogP contribution in [-0.4, -0.2) is 64.4 Å². The monoisotopic (exact) mass is 460 g/mol. The predicted octanol–water partition coefficient (Wildman–Crippen LogP) is -1.51. The van der Waals surface area contributed by atoms with Crippen molar-refractivity contribution in [3.63, 3.8) is 0 Å². The molecule has 3 unspecified atom stereocenters. The third-order valence-electron chi connectivity index (χ3n) is 4.94. The molecule has 2 aromatic rings. The molecule has 12 heteroatoms. The molecular weight excluding hydrogens is 432 g/mol. The number of hydrogen-bond donors (Lipinski definition) is 7. The molecule has 4 amide bonds. The van der Waals surface area contributed by atoms with Crippen LogP contribution >= 0.6 is 0 Å². The Labute approximate surface area is 189 Å². The van der Waals surface area contributed by atoms with Gasteiger partial charge in [-0.2, -0.15) is 0 Å². The van der Waals surface area contributed by atoms with Gasteiger partial charge in [0.05, 0.1) is 12.6 Å². The lowest BCUT2D eigenvalue weighted by Crippen LogP contribution is -2.52. The number of aromatic nitrogens is 1. The molecular formula is C21H28N6O6. The maximum atomic E-state index is 12.3. The molecule has 0 saturated carbocycles. The molecule has 1 aromatic heterocycles. The van der Waals surface area contributed by atoms with Gasteiger partial charge in [-0.1, -0.05) is 18.2 Å². The number of carbonyl (C=O) groups excluding carboxylic acids is 4. The second-order valence-corrected chi connectivity index (χ2v) is 7.58. The molecule has 9 N–H and O–H groups in total. The van der Waals surface area contributed by atoms with Crippen LogP contribution in [0.1, 0.15) is 25.3 Å². The molecule has 33 heavy (non-hydrogen) atoms. The summed E-state index contributed by atoms with van der Waals surface area (Å²) in [5.41, 5.74) is 12.7. The van der Waals surface area contributed by atoms with Crippen LogP contribution in [0.5, 0.6) is 0 Å². The number of nitrogens with two attached hydrogens (primary N) is 2. The number of aliphatic carboxylic acids is 1. The molecule has 0 fully saturated rings. The number of aromatic amines is 1. The van der Waals surface area contributed by atoms with Gasteiger partial charge in [-0.05, 0) is 31.4 Å². The molecule has 0 aliphatic heterocycles. The first-order valence-electron chi connectivity index (χ1n) is 10.3. The fourth-order valence-corrected chi connectivity index (χ4v) is 3.13. The number of nitrogens with one attached hydrogen (secondary N) is 4.